The Labute approximate surface area is 312 Å². The van der Waals surface area contributed by atoms with E-state index in [2.05, 4.69) is 18.0 Å². The number of ether oxygens (including phenoxy) is 8. The van der Waals surface area contributed by atoms with Crippen molar-refractivity contribution in [1.29, 1.82) is 5.26 Å². The van der Waals surface area contributed by atoms with E-state index >= 15 is 0 Å². The molecule has 0 saturated carbocycles. The molecule has 2 aliphatic heterocycles. The van der Waals surface area contributed by atoms with Gasteiger partial charge in [-0.3, -0.25) is 4.79 Å². The summed E-state index contributed by atoms with van der Waals surface area (Å²) in [6, 6.07) is 15.4. The number of rotatable bonds is 20. The Balaban J connectivity index is 1.22. The van der Waals surface area contributed by atoms with Crippen LogP contribution in [0.3, 0.4) is 0 Å². The van der Waals surface area contributed by atoms with Crippen LogP contribution in [-0.4, -0.2) is 87.9 Å². The van der Waals surface area contributed by atoms with Crippen LogP contribution in [0.5, 0.6) is 11.5 Å². The molecule has 0 N–H and O–H groups in total. The van der Waals surface area contributed by atoms with Gasteiger partial charge in [0.25, 0.3) is 5.70 Å². The Kier molecular flexibility index (Phi) is 16.0. The molecule has 0 aromatic heterocycles. The molecule has 2 aromatic rings. The van der Waals surface area contributed by atoms with Gasteiger partial charge in [0.2, 0.25) is 0 Å². The first-order valence-corrected chi connectivity index (χ1v) is 17.1. The molecule has 14 nitrogen and oxygen atoms in total. The number of hydrogen-bond acceptors (Lipinski definition) is 13. The van der Waals surface area contributed by atoms with E-state index in [0.29, 0.717) is 61.5 Å². The topological polar surface area (TPSA) is 170 Å². The third-order valence-electron chi connectivity index (χ3n) is 7.96. The molecule has 282 valence electrons. The highest BCUT2D eigenvalue weighted by Gasteiger charge is 2.51. The van der Waals surface area contributed by atoms with Crippen LogP contribution in [0.1, 0.15) is 36.8 Å². The second kappa shape index (κ2) is 21.3. The van der Waals surface area contributed by atoms with E-state index in [0.717, 1.165) is 12.2 Å². The van der Waals surface area contributed by atoms with E-state index in [1.807, 2.05) is 6.07 Å². The lowest BCUT2D eigenvalue weighted by atomic mass is 10.1. The molecule has 2 saturated heterocycles. The maximum Gasteiger partial charge on any atom is 0.349 e. The number of fused-ring (bicyclic) bond motifs is 1. The molecule has 4 rings (SSSR count). The van der Waals surface area contributed by atoms with Crippen molar-refractivity contribution >= 4 is 36.0 Å². The number of esters is 4. The molecule has 2 unspecified atom stereocenters. The second-order valence-corrected chi connectivity index (χ2v) is 11.8. The molecule has 2 fully saturated rings. The van der Waals surface area contributed by atoms with E-state index in [-0.39, 0.29) is 37.7 Å². The normalized spacial score (nSPS) is 18.9. The number of unbranched alkanes of at least 4 members (excludes halogenated alkanes) is 2. The van der Waals surface area contributed by atoms with E-state index in [1.165, 1.54) is 12.2 Å². The summed E-state index contributed by atoms with van der Waals surface area (Å²) in [4.78, 5) is 51.4. The van der Waals surface area contributed by atoms with Crippen LogP contribution < -0.4 is 9.47 Å². The van der Waals surface area contributed by atoms with Gasteiger partial charge in [-0.1, -0.05) is 37.4 Å². The lowest BCUT2D eigenvalue weighted by molar-refractivity contribution is -0.150. The van der Waals surface area contributed by atoms with Crippen LogP contribution in [0.25, 0.3) is 17.0 Å². The SMILES string of the molecule is [C-]#[N+]/C(=C\c1ccc(OCCCCOC(=O)C=C)cc1)C(=O)O[C@@H]1COC2C1OC[C@H]2OC(=O)/C(C#N)=C/c1ccc(OCCCCOC(=O)C=C)cc1. The molecule has 2 aromatic carbocycles. The average Bonchev–Trinajstić information content (AvgIpc) is 3.78. The summed E-state index contributed by atoms with van der Waals surface area (Å²) >= 11 is 0. The Morgan fingerprint density at radius 1 is 0.722 bits per heavy atom. The highest BCUT2D eigenvalue weighted by atomic mass is 16.7. The van der Waals surface area contributed by atoms with Crippen molar-refractivity contribution in [3.05, 3.63) is 108 Å². The first-order valence-electron chi connectivity index (χ1n) is 17.1. The molecule has 4 atom stereocenters. The second-order valence-electron chi connectivity index (χ2n) is 11.8. The fourth-order valence-electron chi connectivity index (χ4n) is 5.20. The van der Waals surface area contributed by atoms with Crippen LogP contribution in [0.4, 0.5) is 0 Å². The number of carbonyl (C=O) groups is 4. The molecule has 2 heterocycles. The maximum absolute atomic E-state index is 13.0. The van der Waals surface area contributed by atoms with E-state index in [4.69, 9.17) is 44.5 Å². The zero-order chi connectivity index (χ0) is 38.7. The largest absolute Gasteiger partial charge is 0.494 e. The van der Waals surface area contributed by atoms with Gasteiger partial charge in [-0.25, -0.2) is 19.2 Å². The third-order valence-corrected chi connectivity index (χ3v) is 7.96. The first kappa shape index (κ1) is 40.5. The molecule has 0 bridgehead atoms. The van der Waals surface area contributed by atoms with E-state index in [1.54, 1.807) is 48.5 Å². The fraction of sp³-hybridized carbons (Fsp3) is 0.350. The molecule has 54 heavy (non-hydrogen) atoms. The number of nitriles is 1. The van der Waals surface area contributed by atoms with Gasteiger partial charge in [-0.15, -0.1) is 0 Å². The fourth-order valence-corrected chi connectivity index (χ4v) is 5.20. The zero-order valence-corrected chi connectivity index (χ0v) is 29.5. The summed E-state index contributed by atoms with van der Waals surface area (Å²) in [5.41, 5.74) is 0.656. The van der Waals surface area contributed by atoms with Crippen molar-refractivity contribution in [3.63, 3.8) is 0 Å². The molecule has 2 aliphatic rings. The minimum atomic E-state index is -0.866. The van der Waals surface area contributed by atoms with Gasteiger partial charge in [-0.05, 0) is 73.2 Å². The monoisotopic (exact) mass is 740 g/mol. The van der Waals surface area contributed by atoms with Crippen LogP contribution in [0.15, 0.2) is 85.1 Å². The summed E-state index contributed by atoms with van der Waals surface area (Å²) in [5, 5.41) is 9.68. The van der Waals surface area contributed by atoms with Gasteiger partial charge in [0, 0.05) is 12.2 Å². The van der Waals surface area contributed by atoms with Crippen molar-refractivity contribution < 1.29 is 57.1 Å². The Morgan fingerprint density at radius 3 is 1.61 bits per heavy atom. The summed E-state index contributed by atoms with van der Waals surface area (Å²) in [6.07, 6.45) is 4.42. The van der Waals surface area contributed by atoms with E-state index in [9.17, 15) is 24.4 Å². The predicted octanol–water partition coefficient (Wildman–Crippen LogP) is 4.95. The highest BCUT2D eigenvalue weighted by molar-refractivity contribution is 5.98. The minimum absolute atomic E-state index is 0.0404. The summed E-state index contributed by atoms with van der Waals surface area (Å²) in [5.74, 6) is -1.48. The number of benzene rings is 2. The van der Waals surface area contributed by atoms with Crippen LogP contribution in [0, 0.1) is 17.9 Å². The van der Waals surface area contributed by atoms with Gasteiger partial charge in [0.1, 0.15) is 35.3 Å². The van der Waals surface area contributed by atoms with E-state index < -0.39 is 48.3 Å². The smallest absolute Gasteiger partial charge is 0.349 e. The number of carbonyl (C=O) groups excluding carboxylic acids is 4. The molecule has 0 aliphatic carbocycles. The minimum Gasteiger partial charge on any atom is -0.494 e. The Morgan fingerprint density at radius 2 is 1.17 bits per heavy atom. The third kappa shape index (κ3) is 12.5. The number of hydrogen-bond donors (Lipinski definition) is 0. The van der Waals surface area contributed by atoms with Crippen molar-refractivity contribution in [2.75, 3.05) is 39.6 Å². The van der Waals surface area contributed by atoms with Crippen molar-refractivity contribution in [2.24, 2.45) is 0 Å². The molecule has 0 radical (unpaired) electrons. The van der Waals surface area contributed by atoms with Crippen LogP contribution in [-0.2, 0) is 47.6 Å². The van der Waals surface area contributed by atoms with Gasteiger partial charge in [0.15, 0.2) is 12.2 Å². The van der Waals surface area contributed by atoms with Gasteiger partial charge in [-0.2, -0.15) is 5.26 Å². The Hall–Kier alpha value is -6.22. The first-order chi connectivity index (χ1) is 26.2. The van der Waals surface area contributed by atoms with Gasteiger partial charge < -0.3 is 37.9 Å². The zero-order valence-electron chi connectivity index (χ0n) is 29.5. The van der Waals surface area contributed by atoms with Gasteiger partial charge >= 0.3 is 23.9 Å². The maximum atomic E-state index is 13.0. The molecule has 14 heteroatoms. The lowest BCUT2D eigenvalue weighted by Crippen LogP contribution is -2.36. The highest BCUT2D eigenvalue weighted by Crippen LogP contribution is 2.32. The average molecular weight is 741 g/mol. The van der Waals surface area contributed by atoms with Crippen molar-refractivity contribution in [3.8, 4) is 17.6 Å². The van der Waals surface area contributed by atoms with Crippen molar-refractivity contribution in [1.82, 2.24) is 0 Å². The quantitative estimate of drug-likeness (QED) is 0.0447. The van der Waals surface area contributed by atoms with Crippen molar-refractivity contribution in [2.45, 2.75) is 50.1 Å². The summed E-state index contributed by atoms with van der Waals surface area (Å²) < 4.78 is 43.9. The predicted molar refractivity (Wildman–Crippen MR) is 192 cm³/mol. The Bertz CT molecular complexity index is 1650. The molecular weight excluding hydrogens is 700 g/mol. The number of nitrogens with zero attached hydrogens (tertiary/aromatic N) is 2. The molecular formula is C40H40N2O12. The van der Waals surface area contributed by atoms with Crippen LogP contribution in [0.2, 0.25) is 0 Å². The standard InChI is InChI=1S/C40H40N2O12/c1-4-35(43)49-20-8-6-18-47-30-14-10-27(11-15-30)22-29(24-41)39(45)53-33-25-51-38-34(26-52-37(33)38)54-40(46)32(42-3)23-28-12-16-31(17-13-28)48-19-7-9-21-50-36(44)5-2/h4-5,10-17,22-23,33-34,37-38H,1-2,6-9,18-21,25-26H2/b29-22+,32-23-/t33-,34-,37?,38?/m1/s1. The van der Waals surface area contributed by atoms with Crippen LogP contribution >= 0.6 is 0 Å². The summed E-state index contributed by atoms with van der Waals surface area (Å²) in [6.45, 7) is 15.5. The van der Waals surface area contributed by atoms with Gasteiger partial charge in [0.05, 0.1) is 46.2 Å². The molecule has 0 spiro atoms. The lowest BCUT2D eigenvalue weighted by Gasteiger charge is -2.17. The summed E-state index contributed by atoms with van der Waals surface area (Å²) in [7, 11) is 0. The molecule has 0 amide bonds.